The molecule has 0 spiro atoms. The van der Waals surface area contributed by atoms with Crippen LogP contribution in [0.15, 0.2) is 35.7 Å². The molecule has 9 heteroatoms. The van der Waals surface area contributed by atoms with Crippen LogP contribution in [0.1, 0.15) is 18.9 Å². The molecule has 0 saturated heterocycles. The van der Waals surface area contributed by atoms with Gasteiger partial charge < -0.3 is 20.1 Å². The SMILES string of the molecule is C[C@@H](OC(=O)C[C@H]1Oc2ccccc2NC1=O)C(=O)Nc1sccc1C#N. The molecule has 3 rings (SSSR count). The molecular formula is C18H15N3O5S. The third-order valence-corrected chi connectivity index (χ3v) is 4.59. The van der Waals surface area contributed by atoms with Crippen molar-refractivity contribution in [3.8, 4) is 11.8 Å². The van der Waals surface area contributed by atoms with E-state index in [-0.39, 0.29) is 6.42 Å². The van der Waals surface area contributed by atoms with Crippen LogP contribution >= 0.6 is 11.3 Å². The fraction of sp³-hybridized carbons (Fsp3) is 0.222. The molecule has 27 heavy (non-hydrogen) atoms. The molecule has 0 fully saturated rings. The van der Waals surface area contributed by atoms with E-state index in [1.165, 1.54) is 18.3 Å². The summed E-state index contributed by atoms with van der Waals surface area (Å²) in [6.07, 6.45) is -2.46. The fourth-order valence-corrected chi connectivity index (χ4v) is 3.13. The summed E-state index contributed by atoms with van der Waals surface area (Å²) in [5.41, 5.74) is 0.863. The summed E-state index contributed by atoms with van der Waals surface area (Å²) in [6, 6.07) is 10.4. The van der Waals surface area contributed by atoms with Crippen LogP contribution in [0, 0.1) is 11.3 Å². The van der Waals surface area contributed by atoms with E-state index >= 15 is 0 Å². The van der Waals surface area contributed by atoms with Gasteiger partial charge in [0.2, 0.25) is 0 Å². The highest BCUT2D eigenvalue weighted by molar-refractivity contribution is 7.14. The molecule has 2 heterocycles. The van der Waals surface area contributed by atoms with E-state index in [0.29, 0.717) is 22.0 Å². The molecule has 0 aliphatic carbocycles. The number of rotatable bonds is 5. The molecule has 1 aliphatic heterocycles. The minimum atomic E-state index is -1.09. The van der Waals surface area contributed by atoms with E-state index in [4.69, 9.17) is 14.7 Å². The minimum Gasteiger partial charge on any atom is -0.478 e. The summed E-state index contributed by atoms with van der Waals surface area (Å²) in [4.78, 5) is 36.3. The number of nitrogens with one attached hydrogen (secondary N) is 2. The predicted octanol–water partition coefficient (Wildman–Crippen LogP) is 2.28. The van der Waals surface area contributed by atoms with Crippen LogP contribution in [0.2, 0.25) is 0 Å². The van der Waals surface area contributed by atoms with Gasteiger partial charge in [0.25, 0.3) is 11.8 Å². The Balaban J connectivity index is 1.55. The van der Waals surface area contributed by atoms with Crippen molar-refractivity contribution >= 4 is 39.8 Å². The molecule has 138 valence electrons. The Hall–Kier alpha value is -3.38. The molecule has 2 amide bonds. The first-order chi connectivity index (χ1) is 13.0. The zero-order chi connectivity index (χ0) is 19.4. The Kier molecular flexibility index (Phi) is 5.38. The van der Waals surface area contributed by atoms with Crippen LogP contribution in [-0.2, 0) is 19.1 Å². The van der Waals surface area contributed by atoms with Crippen molar-refractivity contribution in [3.63, 3.8) is 0 Å². The van der Waals surface area contributed by atoms with Gasteiger partial charge in [-0.15, -0.1) is 11.3 Å². The second-order valence-corrected chi connectivity index (χ2v) is 6.61. The molecule has 1 aromatic carbocycles. The molecule has 2 N–H and O–H groups in total. The number of carbonyl (C=O) groups excluding carboxylic acids is 3. The maximum Gasteiger partial charge on any atom is 0.310 e. The van der Waals surface area contributed by atoms with Gasteiger partial charge in [-0.25, -0.2) is 0 Å². The quantitative estimate of drug-likeness (QED) is 0.763. The Morgan fingerprint density at radius 3 is 2.96 bits per heavy atom. The molecule has 8 nitrogen and oxygen atoms in total. The van der Waals surface area contributed by atoms with Gasteiger partial charge in [-0.2, -0.15) is 5.26 Å². The largest absolute Gasteiger partial charge is 0.478 e. The van der Waals surface area contributed by atoms with E-state index in [2.05, 4.69) is 10.6 Å². The van der Waals surface area contributed by atoms with Crippen LogP contribution < -0.4 is 15.4 Å². The van der Waals surface area contributed by atoms with Gasteiger partial charge in [0.15, 0.2) is 12.2 Å². The smallest absolute Gasteiger partial charge is 0.310 e. The Bertz CT molecular complexity index is 933. The van der Waals surface area contributed by atoms with Crippen molar-refractivity contribution in [2.24, 2.45) is 0 Å². The molecule has 1 aromatic heterocycles. The number of amides is 2. The molecule has 0 radical (unpaired) electrons. The summed E-state index contributed by atoms with van der Waals surface area (Å²) < 4.78 is 10.6. The number of carbonyl (C=O) groups is 3. The Morgan fingerprint density at radius 1 is 1.41 bits per heavy atom. The average molecular weight is 385 g/mol. The predicted molar refractivity (Wildman–Crippen MR) is 97.3 cm³/mol. The van der Waals surface area contributed by atoms with Gasteiger partial charge in [0.05, 0.1) is 17.7 Å². The van der Waals surface area contributed by atoms with Crippen molar-refractivity contribution in [2.45, 2.75) is 25.6 Å². The molecule has 0 unspecified atom stereocenters. The highest BCUT2D eigenvalue weighted by Gasteiger charge is 2.31. The van der Waals surface area contributed by atoms with Gasteiger partial charge in [-0.05, 0) is 30.5 Å². The number of hydrogen-bond acceptors (Lipinski definition) is 7. The third kappa shape index (κ3) is 4.24. The van der Waals surface area contributed by atoms with Gasteiger partial charge >= 0.3 is 5.97 Å². The number of thiophene rings is 1. The lowest BCUT2D eigenvalue weighted by molar-refractivity contribution is -0.155. The first kappa shape index (κ1) is 18.4. The van der Waals surface area contributed by atoms with E-state index in [0.717, 1.165) is 0 Å². The lowest BCUT2D eigenvalue weighted by atomic mass is 10.1. The van der Waals surface area contributed by atoms with Crippen LogP contribution in [0.5, 0.6) is 5.75 Å². The number of anilines is 2. The highest BCUT2D eigenvalue weighted by atomic mass is 32.1. The van der Waals surface area contributed by atoms with Crippen LogP contribution in [0.25, 0.3) is 0 Å². The zero-order valence-corrected chi connectivity index (χ0v) is 15.0. The number of hydrogen-bond donors (Lipinski definition) is 2. The molecule has 1 aliphatic rings. The summed E-state index contributed by atoms with van der Waals surface area (Å²) in [5.74, 6) is -1.31. The highest BCUT2D eigenvalue weighted by Crippen LogP contribution is 2.29. The Labute approximate surface area is 158 Å². The number of nitrogens with zero attached hydrogens (tertiary/aromatic N) is 1. The van der Waals surface area contributed by atoms with E-state index < -0.39 is 30.0 Å². The summed E-state index contributed by atoms with van der Waals surface area (Å²) in [5, 5.41) is 16.2. The zero-order valence-electron chi connectivity index (χ0n) is 14.2. The maximum atomic E-state index is 12.1. The second kappa shape index (κ2) is 7.88. The van der Waals surface area contributed by atoms with E-state index in [9.17, 15) is 14.4 Å². The topological polar surface area (TPSA) is 118 Å². The average Bonchev–Trinajstić information content (AvgIpc) is 3.09. The summed E-state index contributed by atoms with van der Waals surface area (Å²) in [7, 11) is 0. The number of benzene rings is 1. The summed E-state index contributed by atoms with van der Waals surface area (Å²) >= 11 is 1.19. The maximum absolute atomic E-state index is 12.1. The normalized spacial score (nSPS) is 16.1. The number of ether oxygens (including phenoxy) is 2. The number of para-hydroxylation sites is 2. The van der Waals surface area contributed by atoms with Crippen LogP contribution in [-0.4, -0.2) is 30.0 Å². The van der Waals surface area contributed by atoms with Crippen LogP contribution in [0.3, 0.4) is 0 Å². The molecule has 2 atom stereocenters. The van der Waals surface area contributed by atoms with Crippen molar-refractivity contribution in [1.29, 1.82) is 5.26 Å². The first-order valence-electron chi connectivity index (χ1n) is 8.02. The lowest BCUT2D eigenvalue weighted by Gasteiger charge is -2.25. The molecule has 0 saturated carbocycles. The molecule has 0 bridgehead atoms. The van der Waals surface area contributed by atoms with Gasteiger partial charge in [-0.1, -0.05) is 12.1 Å². The summed E-state index contributed by atoms with van der Waals surface area (Å²) in [6.45, 7) is 1.41. The fourth-order valence-electron chi connectivity index (χ4n) is 2.38. The number of nitriles is 1. The van der Waals surface area contributed by atoms with Crippen molar-refractivity contribution in [1.82, 2.24) is 0 Å². The number of fused-ring (bicyclic) bond motifs is 1. The van der Waals surface area contributed by atoms with Gasteiger partial charge in [-0.3, -0.25) is 14.4 Å². The minimum absolute atomic E-state index is 0.331. The second-order valence-electron chi connectivity index (χ2n) is 5.69. The van der Waals surface area contributed by atoms with Crippen molar-refractivity contribution in [2.75, 3.05) is 10.6 Å². The monoisotopic (exact) mass is 385 g/mol. The number of esters is 1. The first-order valence-corrected chi connectivity index (χ1v) is 8.90. The van der Waals surface area contributed by atoms with E-state index in [1.54, 1.807) is 35.7 Å². The van der Waals surface area contributed by atoms with Crippen LogP contribution in [0.4, 0.5) is 10.7 Å². The van der Waals surface area contributed by atoms with Gasteiger partial charge in [0, 0.05) is 0 Å². The third-order valence-electron chi connectivity index (χ3n) is 3.76. The Morgan fingerprint density at radius 2 is 2.19 bits per heavy atom. The molecule has 2 aromatic rings. The lowest BCUT2D eigenvalue weighted by Crippen LogP contribution is -2.40. The van der Waals surface area contributed by atoms with E-state index in [1.807, 2.05) is 6.07 Å². The van der Waals surface area contributed by atoms with Crippen molar-refractivity contribution < 1.29 is 23.9 Å². The standard InChI is InChI=1S/C18H15N3O5S/c1-10(16(23)21-18-11(9-19)6-7-27-18)25-15(22)8-14-17(24)20-12-4-2-3-5-13(12)26-14/h2-7,10,14H,8H2,1H3,(H,20,24)(H,21,23)/t10-,14-/m1/s1. The van der Waals surface area contributed by atoms with Gasteiger partial charge in [0.1, 0.15) is 16.8 Å². The molecular weight excluding hydrogens is 370 g/mol. The van der Waals surface area contributed by atoms with Crippen molar-refractivity contribution in [3.05, 3.63) is 41.3 Å².